The van der Waals surface area contributed by atoms with Gasteiger partial charge in [-0.25, -0.2) is 0 Å². The van der Waals surface area contributed by atoms with Gasteiger partial charge < -0.3 is 19.9 Å². The van der Waals surface area contributed by atoms with Crippen molar-refractivity contribution in [1.29, 1.82) is 0 Å². The van der Waals surface area contributed by atoms with Crippen molar-refractivity contribution in [2.75, 3.05) is 26.9 Å². The summed E-state index contributed by atoms with van der Waals surface area (Å²) >= 11 is 0. The highest BCUT2D eigenvalue weighted by Gasteiger charge is 2.05. The first-order chi connectivity index (χ1) is 9.11. The largest absolute Gasteiger partial charge is 0.497 e. The molecule has 0 saturated carbocycles. The summed E-state index contributed by atoms with van der Waals surface area (Å²) in [7, 11) is 1.66. The molecule has 1 rings (SSSR count). The number of hydrogen-bond donors (Lipinski definition) is 2. The number of rotatable bonds is 9. The summed E-state index contributed by atoms with van der Waals surface area (Å²) in [5, 5.41) is 12.9. The molecule has 2 N–H and O–H groups in total. The zero-order valence-corrected chi connectivity index (χ0v) is 12.1. The fourth-order valence-electron chi connectivity index (χ4n) is 1.66. The van der Waals surface area contributed by atoms with Gasteiger partial charge in [0.25, 0.3) is 0 Å². The first-order valence-corrected chi connectivity index (χ1v) is 6.71. The van der Waals surface area contributed by atoms with Crippen molar-refractivity contribution in [3.8, 4) is 5.75 Å². The summed E-state index contributed by atoms with van der Waals surface area (Å²) in [6.45, 7) is 6.48. The third-order valence-electron chi connectivity index (χ3n) is 2.60. The molecule has 1 aromatic rings. The molecular formula is C15H25NO3. The number of aliphatic hydroxyl groups is 1. The maximum atomic E-state index is 9.73. The van der Waals surface area contributed by atoms with E-state index in [1.54, 1.807) is 7.11 Å². The zero-order valence-electron chi connectivity index (χ0n) is 12.1. The van der Waals surface area contributed by atoms with Gasteiger partial charge in [-0.3, -0.25) is 0 Å². The van der Waals surface area contributed by atoms with Gasteiger partial charge in [-0.05, 0) is 23.6 Å². The molecule has 0 aliphatic carbocycles. The highest BCUT2D eigenvalue weighted by molar-refractivity contribution is 5.28. The molecule has 4 nitrogen and oxygen atoms in total. The molecule has 1 atom stereocenters. The van der Waals surface area contributed by atoms with Crippen LogP contribution in [0.3, 0.4) is 0 Å². The van der Waals surface area contributed by atoms with Crippen LogP contribution < -0.4 is 10.1 Å². The first-order valence-electron chi connectivity index (χ1n) is 6.71. The lowest BCUT2D eigenvalue weighted by Crippen LogP contribution is -2.30. The summed E-state index contributed by atoms with van der Waals surface area (Å²) in [6, 6.07) is 7.88. The Morgan fingerprint density at radius 2 is 2.05 bits per heavy atom. The average molecular weight is 267 g/mol. The van der Waals surface area contributed by atoms with E-state index in [1.165, 1.54) is 0 Å². The van der Waals surface area contributed by atoms with Crippen LogP contribution in [-0.4, -0.2) is 38.1 Å². The van der Waals surface area contributed by atoms with Crippen LogP contribution in [0.2, 0.25) is 0 Å². The van der Waals surface area contributed by atoms with Gasteiger partial charge in [-0.2, -0.15) is 0 Å². The minimum atomic E-state index is -0.468. The lowest BCUT2D eigenvalue weighted by molar-refractivity contribution is 0.0260. The fourth-order valence-corrected chi connectivity index (χ4v) is 1.66. The monoisotopic (exact) mass is 267 g/mol. The molecular weight excluding hydrogens is 242 g/mol. The van der Waals surface area contributed by atoms with Crippen LogP contribution >= 0.6 is 0 Å². The van der Waals surface area contributed by atoms with E-state index in [4.69, 9.17) is 9.47 Å². The lowest BCUT2D eigenvalue weighted by Gasteiger charge is -2.13. The third kappa shape index (κ3) is 7.15. The van der Waals surface area contributed by atoms with E-state index in [2.05, 4.69) is 19.2 Å². The molecule has 0 spiro atoms. The lowest BCUT2D eigenvalue weighted by atomic mass is 10.2. The second kappa shape index (κ2) is 8.91. The predicted molar refractivity (Wildman–Crippen MR) is 76.4 cm³/mol. The van der Waals surface area contributed by atoms with Crippen LogP contribution in [0.25, 0.3) is 0 Å². The quantitative estimate of drug-likeness (QED) is 0.716. The van der Waals surface area contributed by atoms with Crippen molar-refractivity contribution in [3.63, 3.8) is 0 Å². The fraction of sp³-hybridized carbons (Fsp3) is 0.600. The number of aliphatic hydroxyl groups excluding tert-OH is 1. The predicted octanol–water partition coefficient (Wildman–Crippen LogP) is 1.82. The molecule has 1 unspecified atom stereocenters. The first kappa shape index (κ1) is 16.0. The maximum Gasteiger partial charge on any atom is 0.119 e. The molecule has 1 aromatic carbocycles. The van der Waals surface area contributed by atoms with E-state index < -0.39 is 6.10 Å². The summed E-state index contributed by atoms with van der Waals surface area (Å²) < 4.78 is 10.5. The Kier molecular flexibility index (Phi) is 7.48. The van der Waals surface area contributed by atoms with E-state index in [0.29, 0.717) is 32.2 Å². The molecule has 0 aliphatic heterocycles. The minimum Gasteiger partial charge on any atom is -0.497 e. The summed E-state index contributed by atoms with van der Waals surface area (Å²) in [6.07, 6.45) is -0.468. The molecule has 0 radical (unpaired) electrons. The second-order valence-electron chi connectivity index (χ2n) is 5.07. The number of hydrogen-bond acceptors (Lipinski definition) is 4. The van der Waals surface area contributed by atoms with E-state index in [0.717, 1.165) is 11.3 Å². The van der Waals surface area contributed by atoms with Crippen LogP contribution in [0.15, 0.2) is 24.3 Å². The smallest absolute Gasteiger partial charge is 0.119 e. The number of benzene rings is 1. The van der Waals surface area contributed by atoms with Crippen molar-refractivity contribution < 1.29 is 14.6 Å². The standard InChI is InChI=1S/C15H25NO3/c1-12(2)10-19-11-14(17)9-16-8-13-5-4-6-15(7-13)18-3/h4-7,12,14,16-17H,8-11H2,1-3H3. The van der Waals surface area contributed by atoms with Crippen molar-refractivity contribution in [1.82, 2.24) is 5.32 Å². The number of ether oxygens (including phenoxy) is 2. The van der Waals surface area contributed by atoms with Gasteiger partial charge in [0.1, 0.15) is 5.75 Å². The van der Waals surface area contributed by atoms with Gasteiger partial charge in [0.05, 0.1) is 19.8 Å². The summed E-state index contributed by atoms with van der Waals surface area (Å²) in [4.78, 5) is 0. The molecule has 0 aromatic heterocycles. The van der Waals surface area contributed by atoms with Crippen molar-refractivity contribution in [3.05, 3.63) is 29.8 Å². The highest BCUT2D eigenvalue weighted by atomic mass is 16.5. The van der Waals surface area contributed by atoms with E-state index in [9.17, 15) is 5.11 Å². The minimum absolute atomic E-state index is 0.378. The molecule has 0 saturated heterocycles. The van der Waals surface area contributed by atoms with Gasteiger partial charge in [-0.1, -0.05) is 26.0 Å². The van der Waals surface area contributed by atoms with Gasteiger partial charge in [0, 0.05) is 19.7 Å². The Balaban J connectivity index is 2.18. The molecule has 108 valence electrons. The third-order valence-corrected chi connectivity index (χ3v) is 2.60. The van der Waals surface area contributed by atoms with Gasteiger partial charge in [0.2, 0.25) is 0 Å². The molecule has 0 bridgehead atoms. The van der Waals surface area contributed by atoms with Crippen LogP contribution in [-0.2, 0) is 11.3 Å². The highest BCUT2D eigenvalue weighted by Crippen LogP contribution is 2.11. The normalized spacial score (nSPS) is 12.7. The Labute approximate surface area is 115 Å². The Bertz CT molecular complexity index is 355. The second-order valence-corrected chi connectivity index (χ2v) is 5.07. The van der Waals surface area contributed by atoms with Gasteiger partial charge in [-0.15, -0.1) is 0 Å². The molecule has 0 fully saturated rings. The Morgan fingerprint density at radius 3 is 2.74 bits per heavy atom. The van der Waals surface area contributed by atoms with Crippen molar-refractivity contribution >= 4 is 0 Å². The van der Waals surface area contributed by atoms with E-state index in [-0.39, 0.29) is 0 Å². The van der Waals surface area contributed by atoms with Crippen LogP contribution in [0.5, 0.6) is 5.75 Å². The number of nitrogens with one attached hydrogen (secondary N) is 1. The summed E-state index contributed by atoms with van der Waals surface area (Å²) in [5.74, 6) is 1.34. The molecule has 0 amide bonds. The van der Waals surface area contributed by atoms with E-state index >= 15 is 0 Å². The Hall–Kier alpha value is -1.10. The topological polar surface area (TPSA) is 50.7 Å². The number of methoxy groups -OCH3 is 1. The van der Waals surface area contributed by atoms with Gasteiger partial charge in [0.15, 0.2) is 0 Å². The average Bonchev–Trinajstić information content (AvgIpc) is 2.38. The maximum absolute atomic E-state index is 9.73. The van der Waals surface area contributed by atoms with Crippen LogP contribution in [0, 0.1) is 5.92 Å². The molecule has 4 heteroatoms. The van der Waals surface area contributed by atoms with Crippen molar-refractivity contribution in [2.45, 2.75) is 26.5 Å². The SMILES string of the molecule is COc1cccc(CNCC(O)COCC(C)C)c1. The van der Waals surface area contributed by atoms with Crippen LogP contribution in [0.1, 0.15) is 19.4 Å². The molecule has 0 aliphatic rings. The molecule has 0 heterocycles. The van der Waals surface area contributed by atoms with Crippen molar-refractivity contribution in [2.24, 2.45) is 5.92 Å². The van der Waals surface area contributed by atoms with Crippen LogP contribution in [0.4, 0.5) is 0 Å². The summed E-state index contributed by atoms with van der Waals surface area (Å²) in [5.41, 5.74) is 1.13. The molecule has 19 heavy (non-hydrogen) atoms. The van der Waals surface area contributed by atoms with Gasteiger partial charge >= 0.3 is 0 Å². The zero-order chi connectivity index (χ0) is 14.1. The Morgan fingerprint density at radius 1 is 1.26 bits per heavy atom. The van der Waals surface area contributed by atoms with E-state index in [1.807, 2.05) is 24.3 Å².